The summed E-state index contributed by atoms with van der Waals surface area (Å²) >= 11 is 1.63. The van der Waals surface area contributed by atoms with Gasteiger partial charge in [-0.05, 0) is 30.4 Å². The Morgan fingerprint density at radius 2 is 2.29 bits per heavy atom. The van der Waals surface area contributed by atoms with Crippen molar-refractivity contribution in [3.63, 3.8) is 0 Å². The topological polar surface area (TPSA) is 47.0 Å². The maximum atomic E-state index is 5.69. The number of nitrogens with zero attached hydrogens (tertiary/aromatic N) is 2. The van der Waals surface area contributed by atoms with Crippen molar-refractivity contribution in [2.24, 2.45) is 11.8 Å². The molecular formula is C16H17N3OS. The number of fused-ring (bicyclic) bond motifs is 2. The van der Waals surface area contributed by atoms with Crippen LogP contribution in [0.4, 0.5) is 5.13 Å². The fourth-order valence-corrected chi connectivity index (χ4v) is 3.68. The molecule has 21 heavy (non-hydrogen) atoms. The molecule has 2 bridgehead atoms. The zero-order valence-electron chi connectivity index (χ0n) is 11.6. The molecule has 1 N–H and O–H groups in total. The van der Waals surface area contributed by atoms with Gasteiger partial charge in [0.15, 0.2) is 5.13 Å². The quantitative estimate of drug-likeness (QED) is 0.881. The van der Waals surface area contributed by atoms with Crippen molar-refractivity contribution in [3.05, 3.63) is 41.9 Å². The first-order valence-corrected chi connectivity index (χ1v) is 8.17. The van der Waals surface area contributed by atoms with Crippen LogP contribution in [0.15, 0.2) is 41.9 Å². The smallest absolute Gasteiger partial charge is 0.183 e. The molecule has 3 atom stereocenters. The molecule has 0 amide bonds. The van der Waals surface area contributed by atoms with Crippen LogP contribution in [0.3, 0.4) is 0 Å². The van der Waals surface area contributed by atoms with Gasteiger partial charge in [0, 0.05) is 18.1 Å². The summed E-state index contributed by atoms with van der Waals surface area (Å²) in [6.45, 7) is 1.81. The van der Waals surface area contributed by atoms with Crippen LogP contribution < -0.4 is 5.32 Å². The van der Waals surface area contributed by atoms with Crippen molar-refractivity contribution >= 4 is 16.5 Å². The molecular weight excluding hydrogens is 282 g/mol. The van der Waals surface area contributed by atoms with Crippen molar-refractivity contribution in [2.45, 2.75) is 12.5 Å². The molecule has 4 rings (SSSR count). The average molecular weight is 299 g/mol. The monoisotopic (exact) mass is 299 g/mol. The van der Waals surface area contributed by atoms with Gasteiger partial charge in [-0.25, -0.2) is 4.98 Å². The van der Waals surface area contributed by atoms with Crippen molar-refractivity contribution in [3.8, 4) is 11.4 Å². The standard InChI is InChI=1S/C16H17N3OS/c1-2-6-17-14(3-1)15-10-21-16(19-15)18-8-11-4-5-13-7-12(11)9-20-13/h1-6,10-13H,7-9H2,(H,18,19)/t11-,12+,13-/m0/s1. The zero-order valence-corrected chi connectivity index (χ0v) is 12.4. The highest BCUT2D eigenvalue weighted by atomic mass is 32.1. The van der Waals surface area contributed by atoms with Crippen LogP contribution in [0, 0.1) is 11.8 Å². The number of thiazole rings is 1. The molecule has 1 aliphatic carbocycles. The molecule has 1 saturated heterocycles. The van der Waals surface area contributed by atoms with E-state index < -0.39 is 0 Å². The third-order valence-corrected chi connectivity index (χ3v) is 4.96. The van der Waals surface area contributed by atoms with E-state index in [0.29, 0.717) is 17.9 Å². The number of ether oxygens (including phenoxy) is 1. The van der Waals surface area contributed by atoms with Gasteiger partial charge in [-0.3, -0.25) is 4.98 Å². The lowest BCUT2D eigenvalue weighted by atomic mass is 9.85. The average Bonchev–Trinajstić information content (AvgIpc) is 3.15. The van der Waals surface area contributed by atoms with E-state index in [9.17, 15) is 0 Å². The van der Waals surface area contributed by atoms with Crippen LogP contribution in [-0.2, 0) is 4.74 Å². The predicted octanol–water partition coefficient (Wildman–Crippen LogP) is 3.21. The number of nitrogens with one attached hydrogen (secondary N) is 1. The first kappa shape index (κ1) is 13.0. The van der Waals surface area contributed by atoms with E-state index in [4.69, 9.17) is 4.74 Å². The van der Waals surface area contributed by atoms with E-state index in [1.807, 2.05) is 18.2 Å². The van der Waals surface area contributed by atoms with E-state index in [2.05, 4.69) is 32.8 Å². The molecule has 2 aromatic heterocycles. The van der Waals surface area contributed by atoms with Crippen LogP contribution >= 0.6 is 11.3 Å². The van der Waals surface area contributed by atoms with Crippen LogP contribution in [-0.4, -0.2) is 29.2 Å². The summed E-state index contributed by atoms with van der Waals surface area (Å²) in [5, 5.41) is 6.47. The molecule has 108 valence electrons. The first-order chi connectivity index (χ1) is 10.4. The number of aromatic nitrogens is 2. The minimum Gasteiger partial charge on any atom is -0.374 e. The lowest BCUT2D eigenvalue weighted by Gasteiger charge is -2.21. The molecule has 2 aromatic rings. The summed E-state index contributed by atoms with van der Waals surface area (Å²) in [5.74, 6) is 1.20. The van der Waals surface area contributed by atoms with Gasteiger partial charge < -0.3 is 10.1 Å². The number of hydrogen-bond acceptors (Lipinski definition) is 5. The molecule has 0 unspecified atom stereocenters. The van der Waals surface area contributed by atoms with Gasteiger partial charge in [0.05, 0.1) is 18.4 Å². The normalized spacial score (nSPS) is 27.0. The van der Waals surface area contributed by atoms with Crippen LogP contribution in [0.2, 0.25) is 0 Å². The Morgan fingerprint density at radius 3 is 3.19 bits per heavy atom. The van der Waals surface area contributed by atoms with Gasteiger partial charge in [0.1, 0.15) is 5.69 Å². The second-order valence-electron chi connectivity index (χ2n) is 5.55. The van der Waals surface area contributed by atoms with E-state index in [-0.39, 0.29) is 0 Å². The number of hydrogen-bond donors (Lipinski definition) is 1. The zero-order chi connectivity index (χ0) is 14.1. The van der Waals surface area contributed by atoms with Gasteiger partial charge in [0.2, 0.25) is 0 Å². The highest BCUT2D eigenvalue weighted by Gasteiger charge is 2.32. The number of pyridine rings is 1. The van der Waals surface area contributed by atoms with E-state index in [0.717, 1.165) is 29.7 Å². The Bertz CT molecular complexity index is 640. The molecule has 0 radical (unpaired) electrons. The molecule has 0 saturated carbocycles. The second-order valence-corrected chi connectivity index (χ2v) is 6.41. The van der Waals surface area contributed by atoms with Crippen molar-refractivity contribution in [1.29, 1.82) is 0 Å². The van der Waals surface area contributed by atoms with Crippen molar-refractivity contribution < 1.29 is 4.74 Å². The Balaban J connectivity index is 1.41. The van der Waals surface area contributed by atoms with E-state index >= 15 is 0 Å². The minimum absolute atomic E-state index is 0.363. The van der Waals surface area contributed by atoms with Gasteiger partial charge in [-0.15, -0.1) is 11.3 Å². The number of rotatable bonds is 4. The van der Waals surface area contributed by atoms with Crippen LogP contribution in [0.1, 0.15) is 6.42 Å². The maximum absolute atomic E-state index is 5.69. The summed E-state index contributed by atoms with van der Waals surface area (Å²) < 4.78 is 5.69. The second kappa shape index (κ2) is 5.58. The lowest BCUT2D eigenvalue weighted by molar-refractivity contribution is 0.140. The van der Waals surface area contributed by atoms with Gasteiger partial charge >= 0.3 is 0 Å². The largest absolute Gasteiger partial charge is 0.374 e. The molecule has 5 heteroatoms. The molecule has 2 aliphatic rings. The molecule has 1 fully saturated rings. The fraction of sp³-hybridized carbons (Fsp3) is 0.375. The molecule has 3 heterocycles. The SMILES string of the molecule is C1=C[C@@H](CNc2nc(-c3ccccn3)cs2)[C@H]2CO[C@@H]1C2. The first-order valence-electron chi connectivity index (χ1n) is 7.29. The van der Waals surface area contributed by atoms with Crippen LogP contribution in [0.25, 0.3) is 11.4 Å². The predicted molar refractivity (Wildman–Crippen MR) is 84.3 cm³/mol. The highest BCUT2D eigenvalue weighted by Crippen LogP contribution is 2.33. The van der Waals surface area contributed by atoms with Gasteiger partial charge in [-0.1, -0.05) is 18.2 Å². The minimum atomic E-state index is 0.363. The van der Waals surface area contributed by atoms with Gasteiger partial charge in [0.25, 0.3) is 0 Å². The molecule has 4 nitrogen and oxygen atoms in total. The van der Waals surface area contributed by atoms with Crippen molar-refractivity contribution in [1.82, 2.24) is 9.97 Å². The van der Waals surface area contributed by atoms with E-state index in [1.165, 1.54) is 6.42 Å². The third-order valence-electron chi connectivity index (χ3n) is 4.16. The molecule has 1 aliphatic heterocycles. The molecule has 0 spiro atoms. The summed E-state index contributed by atoms with van der Waals surface area (Å²) in [7, 11) is 0. The molecule has 0 aromatic carbocycles. The third kappa shape index (κ3) is 2.71. The summed E-state index contributed by atoms with van der Waals surface area (Å²) in [4.78, 5) is 8.95. The Kier molecular flexibility index (Phi) is 3.45. The van der Waals surface area contributed by atoms with Crippen LogP contribution in [0.5, 0.6) is 0 Å². The van der Waals surface area contributed by atoms with Crippen molar-refractivity contribution in [2.75, 3.05) is 18.5 Å². The Labute approximate surface area is 127 Å². The lowest BCUT2D eigenvalue weighted by Crippen LogP contribution is -2.23. The van der Waals surface area contributed by atoms with E-state index in [1.54, 1.807) is 17.5 Å². The Hall–Kier alpha value is -1.72. The summed E-state index contributed by atoms with van der Waals surface area (Å²) in [6.07, 6.45) is 7.83. The van der Waals surface area contributed by atoms with Gasteiger partial charge in [-0.2, -0.15) is 0 Å². The number of anilines is 1. The summed E-state index contributed by atoms with van der Waals surface area (Å²) in [5.41, 5.74) is 1.86. The maximum Gasteiger partial charge on any atom is 0.183 e. The highest BCUT2D eigenvalue weighted by molar-refractivity contribution is 7.14. The fourth-order valence-electron chi connectivity index (χ4n) is 2.96. The Morgan fingerprint density at radius 1 is 1.29 bits per heavy atom. The summed E-state index contributed by atoms with van der Waals surface area (Å²) in [6, 6.07) is 5.89.